The Bertz CT molecular complexity index is 1230. The van der Waals surface area contributed by atoms with Gasteiger partial charge in [0.15, 0.2) is 18.3 Å². The van der Waals surface area contributed by atoms with Crippen LogP contribution in [0.25, 0.3) is 0 Å². The van der Waals surface area contributed by atoms with Gasteiger partial charge in [-0.25, -0.2) is 4.68 Å². The van der Waals surface area contributed by atoms with Crippen LogP contribution >= 0.6 is 11.8 Å². The fourth-order valence-electron chi connectivity index (χ4n) is 6.84. The van der Waals surface area contributed by atoms with E-state index in [2.05, 4.69) is 34.8 Å². The van der Waals surface area contributed by atoms with Crippen LogP contribution in [0.3, 0.4) is 0 Å². The lowest BCUT2D eigenvalue weighted by atomic mass is 9.96. The molecule has 3 rings (SSSR count). The van der Waals surface area contributed by atoms with Crippen molar-refractivity contribution in [2.24, 2.45) is 0 Å². The summed E-state index contributed by atoms with van der Waals surface area (Å²) in [5.41, 5.74) is 0. The minimum Gasteiger partial charge on any atom is -0.394 e. The molecule has 0 saturated carbocycles. The molecule has 2 amide bonds. The Morgan fingerprint density at radius 2 is 1.43 bits per heavy atom. The first-order valence-corrected chi connectivity index (χ1v) is 21.5. The lowest BCUT2D eigenvalue weighted by Crippen LogP contribution is -2.63. The highest BCUT2D eigenvalue weighted by Gasteiger charge is 2.51. The number of amides is 2. The molecule has 0 bridgehead atoms. The van der Waals surface area contributed by atoms with Crippen LogP contribution in [0.4, 0.5) is 5.82 Å². The van der Waals surface area contributed by atoms with Crippen LogP contribution in [0.2, 0.25) is 0 Å². The van der Waals surface area contributed by atoms with E-state index in [0.717, 1.165) is 30.4 Å². The van der Waals surface area contributed by atoms with E-state index in [-0.39, 0.29) is 17.5 Å². The average molecular weight is 818 g/mol. The fraction of sp³-hybridized carbons (Fsp3) is 0.842. The quantitative estimate of drug-likeness (QED) is 0.0544. The summed E-state index contributed by atoms with van der Waals surface area (Å²) in [5.74, 6) is 0.0503. The second-order valence-electron chi connectivity index (χ2n) is 14.7. The molecule has 3 heterocycles. The van der Waals surface area contributed by atoms with Gasteiger partial charge >= 0.3 is 0 Å². The topological polar surface area (TPSA) is 258 Å². The van der Waals surface area contributed by atoms with Gasteiger partial charge < -0.3 is 60.6 Å². The Morgan fingerprint density at radius 1 is 0.839 bits per heavy atom. The van der Waals surface area contributed by atoms with Gasteiger partial charge in [-0.15, -0.1) is 5.10 Å². The van der Waals surface area contributed by atoms with Gasteiger partial charge in [-0.1, -0.05) is 102 Å². The predicted octanol–water partition coefficient (Wildman–Crippen LogP) is 1.53. The van der Waals surface area contributed by atoms with E-state index in [1.165, 1.54) is 88.6 Å². The second-order valence-corrected chi connectivity index (χ2v) is 15.8. The number of nitrogens with zero attached hydrogens (tertiary/aromatic N) is 3. The third kappa shape index (κ3) is 15.7. The first kappa shape index (κ1) is 48.4. The van der Waals surface area contributed by atoms with Crippen molar-refractivity contribution >= 4 is 29.4 Å². The van der Waals surface area contributed by atoms with Gasteiger partial charge in [-0.05, 0) is 25.5 Å². The minimum atomic E-state index is -1.80. The average Bonchev–Trinajstić information content (AvgIpc) is 3.65. The molecule has 2 fully saturated rings. The fourth-order valence-corrected chi connectivity index (χ4v) is 7.61. The van der Waals surface area contributed by atoms with Gasteiger partial charge in [0.25, 0.3) is 0 Å². The van der Waals surface area contributed by atoms with Crippen molar-refractivity contribution in [2.75, 3.05) is 30.0 Å². The number of rotatable bonds is 28. The van der Waals surface area contributed by atoms with Crippen LogP contribution in [0.15, 0.2) is 6.20 Å². The number of aliphatic hydroxyl groups is 7. The Kier molecular flexibility index (Phi) is 23.3. The highest BCUT2D eigenvalue weighted by atomic mass is 32.2. The predicted molar refractivity (Wildman–Crippen MR) is 209 cm³/mol. The number of hydrogen-bond donors (Lipinski definition) is 9. The number of nitrogens with one attached hydrogen (secondary N) is 2. The molecule has 0 aliphatic carbocycles. The highest BCUT2D eigenvalue weighted by Crippen LogP contribution is 2.33. The third-order valence-corrected chi connectivity index (χ3v) is 11.2. The molecule has 11 atom stereocenters. The molecule has 2 aliphatic heterocycles. The number of unbranched alkanes of at least 4 members (excludes halogenated alkanes) is 14. The number of ether oxygens (including phenoxy) is 3. The van der Waals surface area contributed by atoms with Crippen molar-refractivity contribution in [2.45, 2.75) is 177 Å². The van der Waals surface area contributed by atoms with Gasteiger partial charge in [-0.3, -0.25) is 9.59 Å². The van der Waals surface area contributed by atoms with Crippen molar-refractivity contribution in [1.29, 1.82) is 0 Å². The number of aromatic nitrogens is 3. The van der Waals surface area contributed by atoms with Crippen molar-refractivity contribution < 1.29 is 59.5 Å². The molecule has 322 valence electrons. The summed E-state index contributed by atoms with van der Waals surface area (Å²) >= 11 is 1.42. The molecule has 2 radical (unpaired) electrons. The van der Waals surface area contributed by atoms with Crippen LogP contribution in [-0.4, -0.2) is 148 Å². The summed E-state index contributed by atoms with van der Waals surface area (Å²) < 4.78 is 17.7. The summed E-state index contributed by atoms with van der Waals surface area (Å²) in [7, 11) is 0. The zero-order chi connectivity index (χ0) is 40.9. The first-order valence-electron chi connectivity index (χ1n) is 20.3. The summed E-state index contributed by atoms with van der Waals surface area (Å²) in [6.45, 7) is 4.50. The van der Waals surface area contributed by atoms with Gasteiger partial charge in [0.1, 0.15) is 54.9 Å². The van der Waals surface area contributed by atoms with E-state index >= 15 is 0 Å². The summed E-state index contributed by atoms with van der Waals surface area (Å²) in [4.78, 5) is 26.1. The normalized spacial score (nSPS) is 28.6. The largest absolute Gasteiger partial charge is 0.394 e. The Labute approximate surface area is 335 Å². The molecule has 56 heavy (non-hydrogen) atoms. The molecule has 9 N–H and O–H groups in total. The van der Waals surface area contributed by atoms with E-state index < -0.39 is 86.5 Å². The molecule has 1 aromatic heterocycles. The molecule has 18 heteroatoms. The van der Waals surface area contributed by atoms with Gasteiger partial charge in [0.2, 0.25) is 11.8 Å². The van der Waals surface area contributed by atoms with Crippen molar-refractivity contribution in [1.82, 2.24) is 20.3 Å². The lowest BCUT2D eigenvalue weighted by molar-refractivity contribution is -0.347. The van der Waals surface area contributed by atoms with Crippen LogP contribution in [0, 0.1) is 13.3 Å². The summed E-state index contributed by atoms with van der Waals surface area (Å²) in [6, 6.07) is -0.883. The molecule has 1 aromatic rings. The molecule has 2 saturated heterocycles. The maximum atomic E-state index is 13.3. The zero-order valence-electron chi connectivity index (χ0n) is 32.8. The van der Waals surface area contributed by atoms with Gasteiger partial charge in [-0.2, -0.15) is 11.8 Å². The Hall–Kier alpha value is -1.97. The molecule has 9 unspecified atom stereocenters. The molecule has 17 nitrogen and oxygen atoms in total. The number of anilines is 1. The second kappa shape index (κ2) is 26.9. The standard InChI is InChI=1S/C38H67N5O12S/c1-3-5-6-7-8-9-10-11-12-13-14-15-16-17-18-19-29(46)39-25(24-56-20-4-2)36(52)40-28-21-43(42-41-28)37-33(50)32(49)35(27(23-45)53-37)55-38-34(51)31(48)30(47)26(22-44)54-38/h4,21,25-27,30-35,37-38,44-45,47-51H,2-3,5-20,22-24H2,1H3,(H,39,46)(H,40,52)/t25-,26?,27?,30?,31?,32?,33?,34?,35?,37-,38?/m1/s1. The molecule has 2 aliphatic rings. The minimum absolute atomic E-state index is 0.0316. The van der Waals surface area contributed by atoms with Crippen molar-refractivity contribution in [3.05, 3.63) is 19.5 Å². The lowest BCUT2D eigenvalue weighted by Gasteiger charge is -2.45. The maximum absolute atomic E-state index is 13.3. The third-order valence-electron chi connectivity index (χ3n) is 10.2. The first-order chi connectivity index (χ1) is 27.1. The SMILES string of the molecule is [CH2][CH]CSC[C@@H](NC(=O)CCCCCCCCCCCCCCCCC)C(=O)Nc1cn([C@@H]2OC(CO)C(OC3OC(CO)C(O)C(O)C3O)C(O)C2O)nn1. The molecule has 0 aromatic carbocycles. The smallest absolute Gasteiger partial charge is 0.249 e. The van der Waals surface area contributed by atoms with E-state index in [0.29, 0.717) is 12.2 Å². The van der Waals surface area contributed by atoms with E-state index in [1.807, 2.05) is 0 Å². The van der Waals surface area contributed by atoms with Crippen molar-refractivity contribution in [3.63, 3.8) is 0 Å². The number of carbonyl (C=O) groups is 2. The zero-order valence-corrected chi connectivity index (χ0v) is 33.6. The van der Waals surface area contributed by atoms with Crippen LogP contribution in [0.5, 0.6) is 0 Å². The van der Waals surface area contributed by atoms with E-state index in [1.54, 1.807) is 6.42 Å². The Morgan fingerprint density at radius 3 is 2.00 bits per heavy atom. The van der Waals surface area contributed by atoms with Crippen LogP contribution in [0.1, 0.15) is 116 Å². The monoisotopic (exact) mass is 817 g/mol. The Balaban J connectivity index is 1.44. The summed E-state index contributed by atoms with van der Waals surface area (Å²) in [5, 5.41) is 85.3. The highest BCUT2D eigenvalue weighted by molar-refractivity contribution is 7.99. The number of thioether (sulfide) groups is 1. The van der Waals surface area contributed by atoms with Crippen LogP contribution < -0.4 is 10.6 Å². The number of aliphatic hydroxyl groups excluding tert-OH is 7. The molecule has 0 spiro atoms. The van der Waals surface area contributed by atoms with Gasteiger partial charge in [0.05, 0.1) is 19.4 Å². The number of carbonyl (C=O) groups excluding carboxylic acids is 2. The molecular weight excluding hydrogens is 751 g/mol. The maximum Gasteiger partial charge on any atom is 0.249 e. The van der Waals surface area contributed by atoms with Gasteiger partial charge in [0, 0.05) is 12.2 Å². The number of hydrogen-bond acceptors (Lipinski definition) is 15. The summed E-state index contributed by atoms with van der Waals surface area (Å²) in [6.07, 6.45) is 5.75. The van der Waals surface area contributed by atoms with E-state index in [4.69, 9.17) is 14.2 Å². The van der Waals surface area contributed by atoms with E-state index in [9.17, 15) is 45.3 Å². The molecular formula is C38H67N5O12S. The van der Waals surface area contributed by atoms with Crippen molar-refractivity contribution in [3.8, 4) is 0 Å². The van der Waals surface area contributed by atoms with Crippen LogP contribution in [-0.2, 0) is 23.8 Å².